The van der Waals surface area contributed by atoms with E-state index in [-0.39, 0.29) is 0 Å². The van der Waals surface area contributed by atoms with Gasteiger partial charge < -0.3 is 4.52 Å². The zero-order chi connectivity index (χ0) is 11.6. The Bertz CT molecular complexity index is 358. The minimum absolute atomic E-state index is 0.657. The highest BCUT2D eigenvalue weighted by Crippen LogP contribution is 2.09. The van der Waals surface area contributed by atoms with Gasteiger partial charge >= 0.3 is 0 Å². The first-order valence-corrected chi connectivity index (χ1v) is 6.95. The molecule has 0 amide bonds. The van der Waals surface area contributed by atoms with Gasteiger partial charge in [0.05, 0.1) is 12.2 Å². The smallest absolute Gasteiger partial charge is 0.183 e. The first-order valence-electron chi connectivity index (χ1n) is 4.57. The quantitative estimate of drug-likeness (QED) is 0.284. The lowest BCUT2D eigenvalue weighted by Crippen LogP contribution is -2.13. The van der Waals surface area contributed by atoms with E-state index < -0.39 is 0 Å². The average molecular weight is 256 g/mol. The maximum Gasteiger partial charge on any atom is 0.183 e. The van der Waals surface area contributed by atoms with Crippen LogP contribution >= 0.6 is 23.5 Å². The van der Waals surface area contributed by atoms with Crippen molar-refractivity contribution in [2.45, 2.75) is 5.75 Å². The molecule has 1 N–H and O–H groups in total. The molecule has 0 saturated heterocycles. The molecule has 1 aromatic heterocycles. The normalized spacial score (nSPS) is 11.1. The van der Waals surface area contributed by atoms with Gasteiger partial charge in [0, 0.05) is 17.6 Å². The summed E-state index contributed by atoms with van der Waals surface area (Å²) in [5.74, 6) is 1.72. The number of amidine groups is 1. The standard InChI is InChI=1S/C9H12N4OS2/c1-15-9(12-7-10)11-3-5-16-6-8-2-4-14-13-8/h2,4H,3,5-6H2,1H3,(H,11,12). The number of hydrogen-bond acceptors (Lipinski definition) is 6. The number of nitriles is 1. The molecule has 1 heterocycles. The molecular formula is C9H12N4OS2. The highest BCUT2D eigenvalue weighted by molar-refractivity contribution is 8.13. The number of hydrogen-bond donors (Lipinski definition) is 1. The van der Waals surface area contributed by atoms with Crippen molar-refractivity contribution in [3.63, 3.8) is 0 Å². The molecule has 0 radical (unpaired) electrons. The molecule has 0 unspecified atom stereocenters. The van der Waals surface area contributed by atoms with Crippen molar-refractivity contribution < 1.29 is 4.52 Å². The van der Waals surface area contributed by atoms with E-state index in [1.165, 1.54) is 11.8 Å². The monoisotopic (exact) mass is 256 g/mol. The molecule has 0 aliphatic rings. The lowest BCUT2D eigenvalue weighted by atomic mass is 10.5. The summed E-state index contributed by atoms with van der Waals surface area (Å²) in [5.41, 5.74) is 0.939. The predicted octanol–water partition coefficient (Wildman–Crippen LogP) is 1.70. The van der Waals surface area contributed by atoms with E-state index in [0.29, 0.717) is 11.7 Å². The fourth-order valence-corrected chi connectivity index (χ4v) is 1.99. The van der Waals surface area contributed by atoms with Gasteiger partial charge in [-0.1, -0.05) is 16.9 Å². The molecule has 0 atom stereocenters. The molecule has 5 nitrogen and oxygen atoms in total. The Morgan fingerprint density at radius 3 is 3.25 bits per heavy atom. The van der Waals surface area contributed by atoms with Crippen LogP contribution in [0, 0.1) is 11.5 Å². The molecule has 1 rings (SSSR count). The fraction of sp³-hybridized carbons (Fsp3) is 0.444. The minimum Gasteiger partial charge on any atom is -0.364 e. The van der Waals surface area contributed by atoms with Gasteiger partial charge in [0.25, 0.3) is 0 Å². The fourth-order valence-electron chi connectivity index (χ4n) is 0.903. The van der Waals surface area contributed by atoms with Crippen LogP contribution in [0.2, 0.25) is 0 Å². The molecule has 0 aliphatic carbocycles. The number of thioether (sulfide) groups is 2. The van der Waals surface area contributed by atoms with E-state index in [0.717, 1.165) is 17.2 Å². The third kappa shape index (κ3) is 5.09. The van der Waals surface area contributed by atoms with E-state index >= 15 is 0 Å². The van der Waals surface area contributed by atoms with E-state index in [1.807, 2.05) is 18.5 Å². The Kier molecular flexibility index (Phi) is 6.53. The van der Waals surface area contributed by atoms with Crippen LogP contribution in [0.5, 0.6) is 0 Å². The van der Waals surface area contributed by atoms with E-state index in [4.69, 9.17) is 9.78 Å². The minimum atomic E-state index is 0.657. The summed E-state index contributed by atoms with van der Waals surface area (Å²) >= 11 is 3.16. The van der Waals surface area contributed by atoms with Crippen molar-refractivity contribution >= 4 is 28.7 Å². The van der Waals surface area contributed by atoms with E-state index in [9.17, 15) is 0 Å². The number of nitrogens with zero attached hydrogens (tertiary/aromatic N) is 3. The van der Waals surface area contributed by atoms with E-state index in [2.05, 4.69) is 15.5 Å². The second-order valence-corrected chi connectivity index (χ2v) is 4.57. The number of rotatable bonds is 5. The zero-order valence-corrected chi connectivity index (χ0v) is 10.5. The van der Waals surface area contributed by atoms with Crippen LogP contribution in [0.3, 0.4) is 0 Å². The van der Waals surface area contributed by atoms with Crippen molar-refractivity contribution in [3.8, 4) is 6.19 Å². The van der Waals surface area contributed by atoms with Gasteiger partial charge in [-0.2, -0.15) is 17.0 Å². The topological polar surface area (TPSA) is 74.2 Å². The Morgan fingerprint density at radius 2 is 2.62 bits per heavy atom. The van der Waals surface area contributed by atoms with Crippen LogP contribution in [0.1, 0.15) is 5.69 Å². The van der Waals surface area contributed by atoms with Crippen molar-refractivity contribution in [2.75, 3.05) is 18.6 Å². The van der Waals surface area contributed by atoms with Crippen molar-refractivity contribution in [1.82, 2.24) is 10.5 Å². The molecule has 86 valence electrons. The summed E-state index contributed by atoms with van der Waals surface area (Å²) in [6.07, 6.45) is 5.30. The first kappa shape index (κ1) is 12.9. The maximum absolute atomic E-state index is 8.42. The molecule has 1 aromatic rings. The van der Waals surface area contributed by atoms with Crippen LogP contribution in [-0.2, 0) is 5.75 Å². The molecule has 0 bridgehead atoms. The number of nitrogens with one attached hydrogen (secondary N) is 1. The Balaban J connectivity index is 2.13. The summed E-state index contributed by atoms with van der Waals surface area (Å²) in [6.45, 7) is 0.688. The lowest BCUT2D eigenvalue weighted by molar-refractivity contribution is 0.414. The van der Waals surface area contributed by atoms with Crippen LogP contribution in [0.25, 0.3) is 0 Å². The SMILES string of the molecule is CSC(=NCCSCc1ccon1)NC#N. The number of aliphatic imine (C=N–C) groups is 1. The van der Waals surface area contributed by atoms with Crippen molar-refractivity contribution in [1.29, 1.82) is 5.26 Å². The summed E-state index contributed by atoms with van der Waals surface area (Å²) < 4.78 is 4.72. The van der Waals surface area contributed by atoms with Crippen LogP contribution in [0.15, 0.2) is 21.8 Å². The van der Waals surface area contributed by atoms with Gasteiger partial charge in [-0.05, 0) is 6.26 Å². The van der Waals surface area contributed by atoms with Crippen LogP contribution in [-0.4, -0.2) is 28.9 Å². The van der Waals surface area contributed by atoms with Gasteiger partial charge in [-0.15, -0.1) is 0 Å². The van der Waals surface area contributed by atoms with E-state index in [1.54, 1.807) is 18.0 Å². The Morgan fingerprint density at radius 1 is 1.75 bits per heavy atom. The van der Waals surface area contributed by atoms with Crippen molar-refractivity contribution in [2.24, 2.45) is 4.99 Å². The molecule has 0 fully saturated rings. The Labute approximate surface area is 103 Å². The third-order valence-electron chi connectivity index (χ3n) is 1.59. The highest BCUT2D eigenvalue weighted by atomic mass is 32.2. The van der Waals surface area contributed by atoms with Gasteiger partial charge in [-0.3, -0.25) is 10.3 Å². The van der Waals surface area contributed by atoms with Crippen molar-refractivity contribution in [3.05, 3.63) is 18.0 Å². The average Bonchev–Trinajstić information content (AvgIpc) is 2.80. The largest absolute Gasteiger partial charge is 0.364 e. The van der Waals surface area contributed by atoms with Gasteiger partial charge in [0.1, 0.15) is 6.26 Å². The second-order valence-electron chi connectivity index (χ2n) is 2.67. The molecule has 0 aromatic carbocycles. The summed E-state index contributed by atoms with van der Waals surface area (Å²) in [7, 11) is 0. The highest BCUT2D eigenvalue weighted by Gasteiger charge is 1.97. The molecule has 0 spiro atoms. The summed E-state index contributed by atoms with van der Waals surface area (Å²) in [6, 6.07) is 1.85. The third-order valence-corrected chi connectivity index (χ3v) is 3.18. The zero-order valence-electron chi connectivity index (χ0n) is 8.84. The summed E-state index contributed by atoms with van der Waals surface area (Å²) in [5, 5.41) is 15.4. The van der Waals surface area contributed by atoms with Crippen LogP contribution in [0.4, 0.5) is 0 Å². The Hall–Kier alpha value is -1.13. The molecule has 7 heteroatoms. The predicted molar refractivity (Wildman–Crippen MR) is 67.2 cm³/mol. The maximum atomic E-state index is 8.42. The molecule has 0 saturated carbocycles. The first-order chi connectivity index (χ1) is 7.86. The van der Waals surface area contributed by atoms with Gasteiger partial charge in [0.15, 0.2) is 11.4 Å². The second kappa shape index (κ2) is 8.07. The lowest BCUT2D eigenvalue weighted by Gasteiger charge is -1.99. The van der Waals surface area contributed by atoms with Crippen LogP contribution < -0.4 is 5.32 Å². The molecule has 16 heavy (non-hydrogen) atoms. The molecular weight excluding hydrogens is 244 g/mol. The number of aromatic nitrogens is 1. The van der Waals surface area contributed by atoms with Gasteiger partial charge in [-0.25, -0.2) is 0 Å². The summed E-state index contributed by atoms with van der Waals surface area (Å²) in [4.78, 5) is 4.23. The molecule has 0 aliphatic heterocycles. The van der Waals surface area contributed by atoms with Gasteiger partial charge in [0.2, 0.25) is 0 Å².